The van der Waals surface area contributed by atoms with Gasteiger partial charge in [0, 0.05) is 16.9 Å². The van der Waals surface area contributed by atoms with Gasteiger partial charge < -0.3 is 4.57 Å². The van der Waals surface area contributed by atoms with Crippen LogP contribution in [0.4, 0.5) is 0 Å². The molecule has 106 valence electrons. The van der Waals surface area contributed by atoms with E-state index >= 15 is 0 Å². The van der Waals surface area contributed by atoms with E-state index in [-0.39, 0.29) is 4.75 Å². The van der Waals surface area contributed by atoms with Crippen LogP contribution in [-0.2, 0) is 11.0 Å². The van der Waals surface area contributed by atoms with Crippen LogP contribution in [0.15, 0.2) is 41.2 Å². The first-order valence-electron chi connectivity index (χ1n) is 6.12. The molecule has 0 radical (unpaired) electrons. The zero-order valence-corrected chi connectivity index (χ0v) is 13.1. The predicted molar refractivity (Wildman–Crippen MR) is 84.1 cm³/mol. The Kier molecular flexibility index (Phi) is 4.40. The molecule has 0 amide bonds. The number of aromatic nitrogens is 2. The number of hydrogen-bond acceptors (Lipinski definition) is 2. The van der Waals surface area contributed by atoms with Gasteiger partial charge in [-0.2, -0.15) is 4.40 Å². The van der Waals surface area contributed by atoms with Crippen LogP contribution in [0.1, 0.15) is 26.5 Å². The molecule has 0 saturated heterocycles. The van der Waals surface area contributed by atoms with E-state index in [1.54, 1.807) is 6.33 Å². The first-order valence-corrected chi connectivity index (χ1v) is 7.61. The van der Waals surface area contributed by atoms with Gasteiger partial charge in [0.05, 0.1) is 17.3 Å². The van der Waals surface area contributed by atoms with Crippen molar-refractivity contribution in [2.75, 3.05) is 0 Å². The van der Waals surface area contributed by atoms with Gasteiger partial charge in [0.25, 0.3) is 0 Å². The van der Waals surface area contributed by atoms with E-state index < -0.39 is 11.0 Å². The molecule has 0 fully saturated rings. The second-order valence-corrected chi connectivity index (χ2v) is 7.65. The lowest BCUT2D eigenvalue weighted by Crippen LogP contribution is -2.19. The van der Waals surface area contributed by atoms with Crippen LogP contribution in [0, 0.1) is 0 Å². The number of rotatable bonds is 3. The largest absolute Gasteiger partial charge is 0.306 e. The van der Waals surface area contributed by atoms with Gasteiger partial charge in [0.1, 0.15) is 16.7 Å². The smallest absolute Gasteiger partial charge is 0.144 e. The summed E-state index contributed by atoms with van der Waals surface area (Å²) in [4.78, 5) is 4.22. The highest BCUT2D eigenvalue weighted by atomic mass is 35.5. The maximum absolute atomic E-state index is 11.8. The van der Waals surface area contributed by atoms with Gasteiger partial charge in [-0.3, -0.25) is 0 Å². The Morgan fingerprint density at radius 3 is 2.55 bits per heavy atom. The summed E-state index contributed by atoms with van der Waals surface area (Å²) in [6.45, 7) is 5.65. The van der Waals surface area contributed by atoms with Crippen molar-refractivity contribution >= 4 is 28.8 Å². The molecule has 2 aromatic rings. The summed E-state index contributed by atoms with van der Waals surface area (Å²) < 4.78 is 17.3. The molecule has 1 heterocycles. The molecule has 20 heavy (non-hydrogen) atoms. The molecule has 1 aromatic heterocycles. The average molecular weight is 310 g/mol. The monoisotopic (exact) mass is 309 g/mol. The summed E-state index contributed by atoms with van der Waals surface area (Å²) in [5.41, 5.74) is 1.62. The topological polar surface area (TPSA) is 47.2 Å². The minimum atomic E-state index is -1.27. The molecule has 0 aliphatic carbocycles. The van der Waals surface area contributed by atoms with E-state index in [0.717, 1.165) is 5.69 Å². The Hall–Kier alpha value is -1.46. The standard InChI is InChI=1S/C14H16ClN3OS/c1-14(2,3)20(19)17-8-12-9-18(10-16-12)13-6-4-11(15)5-7-13/h4-10H,1-3H3/t20-/m1/s1. The Labute approximate surface area is 126 Å². The molecule has 1 atom stereocenters. The van der Waals surface area contributed by atoms with Gasteiger partial charge in [0.2, 0.25) is 0 Å². The van der Waals surface area contributed by atoms with E-state index in [9.17, 15) is 4.21 Å². The number of halogens is 1. The molecule has 0 saturated carbocycles. The fraction of sp³-hybridized carbons (Fsp3) is 0.286. The zero-order chi connectivity index (χ0) is 14.8. The van der Waals surface area contributed by atoms with Crippen LogP contribution >= 0.6 is 11.6 Å². The predicted octanol–water partition coefficient (Wildman–Crippen LogP) is 3.41. The van der Waals surface area contributed by atoms with E-state index in [4.69, 9.17) is 11.6 Å². The van der Waals surface area contributed by atoms with Crippen molar-refractivity contribution in [3.63, 3.8) is 0 Å². The lowest BCUT2D eigenvalue weighted by atomic mass is 10.3. The highest BCUT2D eigenvalue weighted by Gasteiger charge is 2.18. The van der Waals surface area contributed by atoms with E-state index in [0.29, 0.717) is 10.7 Å². The van der Waals surface area contributed by atoms with E-state index in [2.05, 4.69) is 9.38 Å². The Bertz CT molecular complexity index is 641. The van der Waals surface area contributed by atoms with E-state index in [1.807, 2.05) is 55.8 Å². The van der Waals surface area contributed by atoms with Crippen LogP contribution in [0.5, 0.6) is 0 Å². The fourth-order valence-electron chi connectivity index (χ4n) is 1.42. The van der Waals surface area contributed by atoms with Crippen LogP contribution in [0.3, 0.4) is 0 Å². The van der Waals surface area contributed by atoms with E-state index in [1.165, 1.54) is 6.21 Å². The second kappa shape index (κ2) is 5.89. The SMILES string of the molecule is CC(C)(C)[S@@](=O)N=Cc1cn(-c2ccc(Cl)cc2)cn1. The molecule has 0 unspecified atom stereocenters. The van der Waals surface area contributed by atoms with Crippen LogP contribution in [-0.4, -0.2) is 24.7 Å². The highest BCUT2D eigenvalue weighted by molar-refractivity contribution is 7.85. The average Bonchev–Trinajstić information content (AvgIpc) is 2.84. The number of hydrogen-bond donors (Lipinski definition) is 0. The molecule has 4 nitrogen and oxygen atoms in total. The highest BCUT2D eigenvalue weighted by Crippen LogP contribution is 2.14. The summed E-state index contributed by atoms with van der Waals surface area (Å²) >= 11 is 5.85. The van der Waals surface area contributed by atoms with Crippen molar-refractivity contribution in [2.45, 2.75) is 25.5 Å². The molecule has 0 aliphatic heterocycles. The van der Waals surface area contributed by atoms with Gasteiger partial charge in [-0.05, 0) is 45.0 Å². The van der Waals surface area contributed by atoms with Crippen molar-refractivity contribution < 1.29 is 4.21 Å². The van der Waals surface area contributed by atoms with Crippen molar-refractivity contribution in [2.24, 2.45) is 4.40 Å². The number of benzene rings is 1. The maximum Gasteiger partial charge on any atom is 0.144 e. The van der Waals surface area contributed by atoms with Gasteiger partial charge in [-0.1, -0.05) is 11.6 Å². The molecule has 0 aliphatic rings. The molecule has 0 N–H and O–H groups in total. The first kappa shape index (κ1) is 14.9. The summed E-state index contributed by atoms with van der Waals surface area (Å²) in [6, 6.07) is 7.44. The molecule has 2 rings (SSSR count). The molecule has 0 bridgehead atoms. The molecule has 6 heteroatoms. The number of nitrogens with zero attached hydrogens (tertiary/aromatic N) is 3. The molecular weight excluding hydrogens is 294 g/mol. The van der Waals surface area contributed by atoms with Crippen LogP contribution in [0.25, 0.3) is 5.69 Å². The molecule has 0 spiro atoms. The maximum atomic E-state index is 11.8. The third kappa shape index (κ3) is 3.77. The van der Waals surface area contributed by atoms with Gasteiger partial charge in [0.15, 0.2) is 0 Å². The minimum Gasteiger partial charge on any atom is -0.306 e. The van der Waals surface area contributed by atoms with Gasteiger partial charge in [-0.25, -0.2) is 9.19 Å². The third-order valence-corrected chi connectivity index (χ3v) is 4.13. The van der Waals surface area contributed by atoms with Gasteiger partial charge in [-0.15, -0.1) is 0 Å². The summed E-state index contributed by atoms with van der Waals surface area (Å²) in [5, 5.41) is 0.691. The Morgan fingerprint density at radius 1 is 1.30 bits per heavy atom. The summed E-state index contributed by atoms with van der Waals surface area (Å²) in [6.07, 6.45) is 5.05. The summed E-state index contributed by atoms with van der Waals surface area (Å²) in [7, 11) is -1.27. The molecule has 1 aromatic carbocycles. The first-order chi connectivity index (χ1) is 9.36. The van der Waals surface area contributed by atoms with Crippen molar-refractivity contribution in [3.05, 3.63) is 47.5 Å². The summed E-state index contributed by atoms with van der Waals surface area (Å²) in [5.74, 6) is 0. The Morgan fingerprint density at radius 2 is 1.95 bits per heavy atom. The lowest BCUT2D eigenvalue weighted by Gasteiger charge is -2.12. The lowest BCUT2D eigenvalue weighted by molar-refractivity contribution is 0.651. The number of imidazole rings is 1. The molecular formula is C14H16ClN3OS. The quantitative estimate of drug-likeness (QED) is 0.816. The minimum absolute atomic E-state index is 0.366. The normalized spacial score (nSPS) is 13.8. The fourth-order valence-corrected chi connectivity index (χ4v) is 2.07. The third-order valence-electron chi connectivity index (χ3n) is 2.53. The van der Waals surface area contributed by atoms with Crippen molar-refractivity contribution in [1.82, 2.24) is 9.55 Å². The van der Waals surface area contributed by atoms with Crippen molar-refractivity contribution in [1.29, 1.82) is 0 Å². The second-order valence-electron chi connectivity index (χ2n) is 5.28. The Balaban J connectivity index is 2.15. The van der Waals surface area contributed by atoms with Crippen LogP contribution in [0.2, 0.25) is 5.02 Å². The van der Waals surface area contributed by atoms with Crippen LogP contribution < -0.4 is 0 Å². The van der Waals surface area contributed by atoms with Gasteiger partial charge >= 0.3 is 0 Å². The zero-order valence-electron chi connectivity index (χ0n) is 11.6. The van der Waals surface area contributed by atoms with Crippen molar-refractivity contribution in [3.8, 4) is 5.69 Å².